The molecule has 1 aromatic carbocycles. The quantitative estimate of drug-likeness (QED) is 0.834. The van der Waals surface area contributed by atoms with Crippen LogP contribution < -0.4 is 0 Å². The zero-order valence-electron chi connectivity index (χ0n) is 11.2. The molecule has 106 valence electrons. The molecule has 0 spiro atoms. The third kappa shape index (κ3) is 2.27. The van der Waals surface area contributed by atoms with E-state index in [0.29, 0.717) is 11.1 Å². The van der Waals surface area contributed by atoms with Crippen molar-refractivity contribution in [2.45, 2.75) is 31.8 Å². The molecule has 0 bridgehead atoms. The lowest BCUT2D eigenvalue weighted by Crippen LogP contribution is -2.24. The Hall–Kier alpha value is -1.27. The number of aliphatic hydroxyl groups excluding tert-OH is 2. The molecule has 0 radical (unpaired) electrons. The van der Waals surface area contributed by atoms with Gasteiger partial charge in [0.2, 0.25) is 0 Å². The molecule has 0 saturated carbocycles. The maximum Gasteiger partial charge on any atom is 0.137 e. The van der Waals surface area contributed by atoms with E-state index in [1.54, 1.807) is 0 Å². The van der Waals surface area contributed by atoms with Gasteiger partial charge in [-0.3, -0.25) is 0 Å². The average molecular weight is 291 g/mol. The van der Waals surface area contributed by atoms with E-state index in [9.17, 15) is 5.11 Å². The van der Waals surface area contributed by atoms with Crippen LogP contribution in [0, 0.1) is 11.6 Å². The first kappa shape index (κ1) is 13.7. The van der Waals surface area contributed by atoms with Crippen molar-refractivity contribution in [2.75, 3.05) is 6.61 Å². The van der Waals surface area contributed by atoms with E-state index < -0.39 is 12.2 Å². The lowest BCUT2D eigenvalue weighted by molar-refractivity contribution is -0.0447. The summed E-state index contributed by atoms with van der Waals surface area (Å²) in [7, 11) is 0. The van der Waals surface area contributed by atoms with Crippen LogP contribution in [0.1, 0.15) is 18.2 Å². The summed E-state index contributed by atoms with van der Waals surface area (Å²) >= 11 is 5.53. The summed E-state index contributed by atoms with van der Waals surface area (Å²) < 4.78 is 8.20. The lowest BCUT2D eigenvalue weighted by atomic mass is 10.1. The molecule has 2 aromatic rings. The average Bonchev–Trinajstić information content (AvgIpc) is 2.80. The highest BCUT2D eigenvalue weighted by molar-refractivity contribution is 7.71. The monoisotopic (exact) mass is 291 g/mol. The van der Waals surface area contributed by atoms with Crippen molar-refractivity contribution in [2.24, 2.45) is 0 Å². The first-order chi connectivity index (χ1) is 9.60. The first-order valence-corrected chi connectivity index (χ1v) is 7.07. The van der Waals surface area contributed by atoms with E-state index in [4.69, 9.17) is 22.1 Å². The van der Waals surface area contributed by atoms with Gasteiger partial charge < -0.3 is 19.5 Å². The number of hydrogen-bond donors (Lipinski definition) is 2. The SMILES string of the molecule is Cc1ccc2c(=S)n([C@H]3C[C@@H](O)C(CO)O3)ccc2c1. The van der Waals surface area contributed by atoms with Crippen LogP contribution in [0.4, 0.5) is 0 Å². The Kier molecular flexibility index (Phi) is 3.60. The highest BCUT2D eigenvalue weighted by atomic mass is 32.1. The van der Waals surface area contributed by atoms with Gasteiger partial charge >= 0.3 is 0 Å². The summed E-state index contributed by atoms with van der Waals surface area (Å²) in [4.78, 5) is 0. The van der Waals surface area contributed by atoms with Crippen LogP contribution in [0.5, 0.6) is 0 Å². The van der Waals surface area contributed by atoms with E-state index in [1.807, 2.05) is 35.9 Å². The van der Waals surface area contributed by atoms with Crippen LogP contribution in [0.2, 0.25) is 0 Å². The van der Waals surface area contributed by atoms with Crippen LogP contribution in [0.25, 0.3) is 10.8 Å². The number of hydrogen-bond acceptors (Lipinski definition) is 4. The number of benzene rings is 1. The Morgan fingerprint density at radius 1 is 1.40 bits per heavy atom. The Morgan fingerprint density at radius 2 is 2.20 bits per heavy atom. The number of fused-ring (bicyclic) bond motifs is 1. The fraction of sp³-hybridized carbons (Fsp3) is 0.400. The number of rotatable bonds is 2. The molecule has 1 fully saturated rings. The number of aryl methyl sites for hydroxylation is 1. The summed E-state index contributed by atoms with van der Waals surface area (Å²) in [6.07, 6.45) is 0.828. The maximum absolute atomic E-state index is 9.83. The molecule has 2 N–H and O–H groups in total. The molecule has 20 heavy (non-hydrogen) atoms. The van der Waals surface area contributed by atoms with Gasteiger partial charge in [0, 0.05) is 18.0 Å². The van der Waals surface area contributed by atoms with E-state index in [1.165, 1.54) is 5.56 Å². The van der Waals surface area contributed by atoms with Gasteiger partial charge in [0.25, 0.3) is 0 Å². The van der Waals surface area contributed by atoms with E-state index >= 15 is 0 Å². The zero-order chi connectivity index (χ0) is 14.3. The van der Waals surface area contributed by atoms with Crippen LogP contribution >= 0.6 is 12.2 Å². The Labute approximate surface area is 122 Å². The van der Waals surface area contributed by atoms with Gasteiger partial charge in [-0.2, -0.15) is 0 Å². The minimum absolute atomic E-state index is 0.183. The van der Waals surface area contributed by atoms with Gasteiger partial charge in [-0.25, -0.2) is 0 Å². The molecule has 5 heteroatoms. The molecule has 4 nitrogen and oxygen atoms in total. The molecular formula is C15H17NO3S. The number of ether oxygens (including phenoxy) is 1. The van der Waals surface area contributed by atoms with E-state index in [-0.39, 0.29) is 12.8 Å². The predicted octanol–water partition coefficient (Wildman–Crippen LogP) is 2.32. The van der Waals surface area contributed by atoms with Crippen molar-refractivity contribution >= 4 is 23.0 Å². The van der Waals surface area contributed by atoms with Crippen molar-refractivity contribution in [3.8, 4) is 0 Å². The third-order valence-electron chi connectivity index (χ3n) is 3.78. The van der Waals surface area contributed by atoms with Gasteiger partial charge in [0.15, 0.2) is 0 Å². The predicted molar refractivity (Wildman–Crippen MR) is 79.1 cm³/mol. The normalized spacial score (nSPS) is 26.2. The molecule has 3 atom stereocenters. The van der Waals surface area contributed by atoms with Crippen molar-refractivity contribution < 1.29 is 14.9 Å². The van der Waals surface area contributed by atoms with E-state index in [2.05, 4.69) is 6.07 Å². The molecule has 1 aliphatic heterocycles. The second-order valence-corrected chi connectivity index (χ2v) is 5.62. The number of nitrogens with zero attached hydrogens (tertiary/aromatic N) is 1. The summed E-state index contributed by atoms with van der Waals surface area (Å²) in [5.74, 6) is 0. The van der Waals surface area contributed by atoms with Crippen molar-refractivity contribution in [1.82, 2.24) is 4.57 Å². The molecule has 2 heterocycles. The van der Waals surface area contributed by atoms with Gasteiger partial charge in [-0.05, 0) is 18.4 Å². The topological polar surface area (TPSA) is 54.6 Å². The van der Waals surface area contributed by atoms with Crippen LogP contribution in [0.3, 0.4) is 0 Å². The summed E-state index contributed by atoms with van der Waals surface area (Å²) in [6, 6.07) is 8.14. The summed E-state index contributed by atoms with van der Waals surface area (Å²) in [6.45, 7) is 1.86. The summed E-state index contributed by atoms with van der Waals surface area (Å²) in [5, 5.41) is 21.1. The Bertz CT molecular complexity index is 697. The van der Waals surface area contributed by atoms with Gasteiger partial charge in [-0.1, -0.05) is 36.0 Å². The minimum Gasteiger partial charge on any atom is -0.394 e. The number of aromatic nitrogens is 1. The third-order valence-corrected chi connectivity index (χ3v) is 4.21. The van der Waals surface area contributed by atoms with Crippen LogP contribution in [0.15, 0.2) is 30.5 Å². The standard InChI is InChI=1S/C15H17NO3S/c1-9-2-3-11-10(6-9)4-5-16(15(11)20)14-7-12(18)13(8-17)19-14/h2-6,12-14,17-18H,7-8H2,1H3/t12-,13?,14-/m1/s1. The minimum atomic E-state index is -0.652. The summed E-state index contributed by atoms with van der Waals surface area (Å²) in [5.41, 5.74) is 1.19. The molecule has 1 aromatic heterocycles. The fourth-order valence-corrected chi connectivity index (χ4v) is 3.02. The first-order valence-electron chi connectivity index (χ1n) is 6.66. The van der Waals surface area contributed by atoms with Gasteiger partial charge in [0.1, 0.15) is 17.0 Å². The van der Waals surface area contributed by atoms with Crippen molar-refractivity contribution in [1.29, 1.82) is 0 Å². The second kappa shape index (κ2) is 5.26. The molecule has 3 rings (SSSR count). The second-order valence-electron chi connectivity index (χ2n) is 5.23. The van der Waals surface area contributed by atoms with E-state index in [0.717, 1.165) is 10.8 Å². The fourth-order valence-electron chi connectivity index (χ4n) is 2.66. The zero-order valence-corrected chi connectivity index (χ0v) is 12.0. The number of pyridine rings is 1. The van der Waals surface area contributed by atoms with Crippen LogP contribution in [-0.2, 0) is 4.74 Å². The largest absolute Gasteiger partial charge is 0.394 e. The van der Waals surface area contributed by atoms with Crippen molar-refractivity contribution in [3.05, 3.63) is 40.7 Å². The smallest absolute Gasteiger partial charge is 0.137 e. The Morgan fingerprint density at radius 3 is 2.90 bits per heavy atom. The molecule has 0 amide bonds. The number of aliphatic hydroxyl groups is 2. The molecule has 1 aliphatic rings. The van der Waals surface area contributed by atoms with Gasteiger partial charge in [-0.15, -0.1) is 0 Å². The molecule has 1 unspecified atom stereocenters. The maximum atomic E-state index is 9.83. The molecular weight excluding hydrogens is 274 g/mol. The van der Waals surface area contributed by atoms with Crippen LogP contribution in [-0.4, -0.2) is 33.6 Å². The highest BCUT2D eigenvalue weighted by Gasteiger charge is 2.34. The molecule has 1 saturated heterocycles. The van der Waals surface area contributed by atoms with Gasteiger partial charge in [0.05, 0.1) is 12.7 Å². The highest BCUT2D eigenvalue weighted by Crippen LogP contribution is 2.30. The molecule has 0 aliphatic carbocycles. The van der Waals surface area contributed by atoms with Crippen molar-refractivity contribution in [3.63, 3.8) is 0 Å². The Balaban J connectivity index is 2.03. The lowest BCUT2D eigenvalue weighted by Gasteiger charge is -2.17.